The van der Waals surface area contributed by atoms with Crippen molar-refractivity contribution < 1.29 is 4.79 Å². The average molecular weight is 264 g/mol. The summed E-state index contributed by atoms with van der Waals surface area (Å²) in [4.78, 5) is 14.5. The van der Waals surface area contributed by atoms with E-state index >= 15 is 0 Å². The second-order valence-electron chi connectivity index (χ2n) is 7.01. The lowest BCUT2D eigenvalue weighted by molar-refractivity contribution is -0.130. The summed E-state index contributed by atoms with van der Waals surface area (Å²) in [6.45, 7) is 1.93. The van der Waals surface area contributed by atoms with Crippen molar-refractivity contribution in [2.75, 3.05) is 13.1 Å². The van der Waals surface area contributed by atoms with Crippen LogP contribution in [0, 0.1) is 17.8 Å². The Balaban J connectivity index is 1.48. The predicted octanol–water partition coefficient (Wildman–Crippen LogP) is 2.54. The molecule has 1 amide bonds. The molecular weight excluding hydrogens is 236 g/mol. The quantitative estimate of drug-likeness (QED) is 0.851. The highest BCUT2D eigenvalue weighted by molar-refractivity contribution is 5.76. The van der Waals surface area contributed by atoms with Gasteiger partial charge in [-0.3, -0.25) is 4.79 Å². The molecule has 1 saturated heterocycles. The van der Waals surface area contributed by atoms with Crippen LogP contribution in [-0.4, -0.2) is 29.9 Å². The Morgan fingerprint density at radius 3 is 2.58 bits per heavy atom. The van der Waals surface area contributed by atoms with Gasteiger partial charge in [-0.25, -0.2) is 0 Å². The second kappa shape index (κ2) is 5.82. The van der Waals surface area contributed by atoms with Gasteiger partial charge in [-0.05, 0) is 37.0 Å². The minimum atomic E-state index is 0.339. The molecule has 2 saturated carbocycles. The van der Waals surface area contributed by atoms with Crippen LogP contribution in [0.15, 0.2) is 0 Å². The lowest BCUT2D eigenvalue weighted by Gasteiger charge is -2.29. The second-order valence-corrected chi connectivity index (χ2v) is 7.01. The summed E-state index contributed by atoms with van der Waals surface area (Å²) in [5.74, 6) is 2.51. The van der Waals surface area contributed by atoms with Crippen LogP contribution < -0.4 is 5.73 Å². The standard InChI is InChI=1S/C16H28N2O/c17-15-7-3-6-13-10-18(11-14(13)15)16(19)9-8-12-4-1-2-5-12/h12-15H,1-11,17H2. The van der Waals surface area contributed by atoms with E-state index in [0.717, 1.165) is 38.3 Å². The number of nitrogens with zero attached hydrogens (tertiary/aromatic N) is 1. The van der Waals surface area contributed by atoms with E-state index in [9.17, 15) is 4.79 Å². The van der Waals surface area contributed by atoms with E-state index in [1.807, 2.05) is 0 Å². The van der Waals surface area contributed by atoms with E-state index in [1.165, 1.54) is 38.5 Å². The number of hydrogen-bond donors (Lipinski definition) is 1. The first-order valence-corrected chi connectivity index (χ1v) is 8.27. The lowest BCUT2D eigenvalue weighted by Crippen LogP contribution is -2.38. The predicted molar refractivity (Wildman–Crippen MR) is 76.6 cm³/mol. The topological polar surface area (TPSA) is 46.3 Å². The van der Waals surface area contributed by atoms with Crippen LogP contribution >= 0.6 is 0 Å². The third-order valence-electron chi connectivity index (χ3n) is 5.75. The van der Waals surface area contributed by atoms with E-state index in [4.69, 9.17) is 5.73 Å². The molecule has 2 N–H and O–H groups in total. The number of likely N-dealkylation sites (tertiary alicyclic amines) is 1. The van der Waals surface area contributed by atoms with Gasteiger partial charge in [0.05, 0.1) is 0 Å². The smallest absolute Gasteiger partial charge is 0.222 e. The zero-order valence-corrected chi connectivity index (χ0v) is 12.0. The van der Waals surface area contributed by atoms with Crippen molar-refractivity contribution >= 4 is 5.91 Å². The Labute approximate surface area is 116 Å². The minimum Gasteiger partial charge on any atom is -0.342 e. The Morgan fingerprint density at radius 1 is 1.05 bits per heavy atom. The maximum atomic E-state index is 12.3. The van der Waals surface area contributed by atoms with Gasteiger partial charge in [0.25, 0.3) is 0 Å². The summed E-state index contributed by atoms with van der Waals surface area (Å²) in [6.07, 6.45) is 11.1. The SMILES string of the molecule is NC1CCCC2CN(C(=O)CCC3CCCC3)CC12. The van der Waals surface area contributed by atoms with Crippen molar-refractivity contribution in [1.82, 2.24) is 4.90 Å². The van der Waals surface area contributed by atoms with Gasteiger partial charge in [0.2, 0.25) is 5.91 Å². The van der Waals surface area contributed by atoms with Crippen molar-refractivity contribution in [3.05, 3.63) is 0 Å². The van der Waals surface area contributed by atoms with Crippen LogP contribution in [0.4, 0.5) is 0 Å². The minimum absolute atomic E-state index is 0.339. The molecule has 1 heterocycles. The number of fused-ring (bicyclic) bond motifs is 1. The van der Waals surface area contributed by atoms with Crippen molar-refractivity contribution in [3.63, 3.8) is 0 Å². The van der Waals surface area contributed by atoms with Crippen LogP contribution in [0.3, 0.4) is 0 Å². The molecule has 0 bridgehead atoms. The molecule has 3 fully saturated rings. The van der Waals surface area contributed by atoms with Crippen molar-refractivity contribution in [3.8, 4) is 0 Å². The Hall–Kier alpha value is -0.570. The molecule has 0 radical (unpaired) electrons. The Kier molecular flexibility index (Phi) is 4.11. The Morgan fingerprint density at radius 2 is 1.84 bits per heavy atom. The normalized spacial score (nSPS) is 35.6. The monoisotopic (exact) mass is 264 g/mol. The van der Waals surface area contributed by atoms with E-state index in [1.54, 1.807) is 0 Å². The molecule has 0 aromatic rings. The number of amides is 1. The maximum Gasteiger partial charge on any atom is 0.222 e. The molecule has 19 heavy (non-hydrogen) atoms. The van der Waals surface area contributed by atoms with Crippen LogP contribution in [0.25, 0.3) is 0 Å². The molecule has 108 valence electrons. The molecule has 3 rings (SSSR count). The van der Waals surface area contributed by atoms with Gasteiger partial charge in [0.1, 0.15) is 0 Å². The first-order chi connectivity index (χ1) is 9.24. The molecule has 1 aliphatic heterocycles. The first-order valence-electron chi connectivity index (χ1n) is 8.27. The largest absolute Gasteiger partial charge is 0.342 e. The highest BCUT2D eigenvalue weighted by atomic mass is 16.2. The number of carbonyl (C=O) groups excluding carboxylic acids is 1. The molecule has 0 aromatic heterocycles. The Bertz CT molecular complexity index is 325. The lowest BCUT2D eigenvalue weighted by atomic mass is 9.78. The van der Waals surface area contributed by atoms with Crippen LogP contribution in [0.1, 0.15) is 57.8 Å². The van der Waals surface area contributed by atoms with Gasteiger partial charge >= 0.3 is 0 Å². The summed E-state index contributed by atoms with van der Waals surface area (Å²) in [6, 6.07) is 0.339. The molecule has 0 spiro atoms. The van der Waals surface area contributed by atoms with Gasteiger partial charge < -0.3 is 10.6 Å². The third-order valence-corrected chi connectivity index (χ3v) is 5.75. The molecule has 3 unspecified atom stereocenters. The highest BCUT2D eigenvalue weighted by Crippen LogP contribution is 2.36. The van der Waals surface area contributed by atoms with E-state index in [0.29, 0.717) is 23.8 Å². The molecule has 3 atom stereocenters. The summed E-state index contributed by atoms with van der Waals surface area (Å²) in [7, 11) is 0. The number of rotatable bonds is 3. The summed E-state index contributed by atoms with van der Waals surface area (Å²) in [5.41, 5.74) is 6.22. The zero-order chi connectivity index (χ0) is 13.2. The summed E-state index contributed by atoms with van der Waals surface area (Å²) < 4.78 is 0. The molecule has 3 nitrogen and oxygen atoms in total. The fourth-order valence-corrected chi connectivity index (χ4v) is 4.51. The summed E-state index contributed by atoms with van der Waals surface area (Å²) in [5, 5.41) is 0. The summed E-state index contributed by atoms with van der Waals surface area (Å²) >= 11 is 0. The number of carbonyl (C=O) groups is 1. The number of hydrogen-bond acceptors (Lipinski definition) is 2. The molecular formula is C16H28N2O. The van der Waals surface area contributed by atoms with Crippen LogP contribution in [0.2, 0.25) is 0 Å². The van der Waals surface area contributed by atoms with Crippen molar-refractivity contribution in [2.45, 2.75) is 63.8 Å². The van der Waals surface area contributed by atoms with Gasteiger partial charge in [0, 0.05) is 25.6 Å². The maximum absolute atomic E-state index is 12.3. The van der Waals surface area contributed by atoms with Crippen molar-refractivity contribution in [2.24, 2.45) is 23.5 Å². The molecule has 3 aliphatic rings. The zero-order valence-electron chi connectivity index (χ0n) is 12.0. The van der Waals surface area contributed by atoms with E-state index < -0.39 is 0 Å². The number of nitrogens with two attached hydrogens (primary N) is 1. The van der Waals surface area contributed by atoms with Crippen LogP contribution in [0.5, 0.6) is 0 Å². The first kappa shape index (κ1) is 13.4. The van der Waals surface area contributed by atoms with Crippen molar-refractivity contribution in [1.29, 1.82) is 0 Å². The van der Waals surface area contributed by atoms with E-state index in [-0.39, 0.29) is 0 Å². The average Bonchev–Trinajstić information content (AvgIpc) is 3.05. The van der Waals surface area contributed by atoms with Gasteiger partial charge in [0.15, 0.2) is 0 Å². The van der Waals surface area contributed by atoms with Gasteiger partial charge in [-0.15, -0.1) is 0 Å². The fraction of sp³-hybridized carbons (Fsp3) is 0.938. The third kappa shape index (κ3) is 2.96. The van der Waals surface area contributed by atoms with E-state index in [2.05, 4.69) is 4.90 Å². The molecule has 2 aliphatic carbocycles. The molecule has 3 heteroatoms. The van der Waals surface area contributed by atoms with Gasteiger partial charge in [-0.1, -0.05) is 32.1 Å². The highest BCUT2D eigenvalue weighted by Gasteiger charge is 2.40. The van der Waals surface area contributed by atoms with Gasteiger partial charge in [-0.2, -0.15) is 0 Å². The fourth-order valence-electron chi connectivity index (χ4n) is 4.51. The molecule has 0 aromatic carbocycles. The van der Waals surface area contributed by atoms with Crippen LogP contribution in [-0.2, 0) is 4.79 Å².